The Morgan fingerprint density at radius 2 is 1.60 bits per heavy atom. The summed E-state index contributed by atoms with van der Waals surface area (Å²) in [7, 11) is 0. The van der Waals surface area contributed by atoms with Gasteiger partial charge in [-0.15, -0.1) is 0 Å². The Labute approximate surface area is 217 Å². The number of amides is 2. The molecular formula is C27H31Cl2N3O3. The first-order valence-corrected chi connectivity index (χ1v) is 12.3. The zero-order chi connectivity index (χ0) is 25.0. The van der Waals surface area contributed by atoms with E-state index in [1.165, 1.54) is 0 Å². The lowest BCUT2D eigenvalue weighted by molar-refractivity contribution is 0.191. The molecule has 3 aromatic rings. The van der Waals surface area contributed by atoms with Gasteiger partial charge < -0.3 is 25.0 Å². The average molecular weight is 516 g/mol. The molecule has 0 radical (unpaired) electrons. The number of carbonyl (C=O) groups is 1. The maximum atomic E-state index is 12.6. The number of hydrogen-bond acceptors (Lipinski definition) is 4. The highest BCUT2D eigenvalue weighted by Gasteiger charge is 2.23. The van der Waals surface area contributed by atoms with Gasteiger partial charge in [-0.25, -0.2) is 4.79 Å². The summed E-state index contributed by atoms with van der Waals surface area (Å²) in [5.74, 6) is 0.635. The van der Waals surface area contributed by atoms with Gasteiger partial charge >= 0.3 is 6.03 Å². The third kappa shape index (κ3) is 8.35. The molecule has 1 unspecified atom stereocenters. The molecule has 8 heteroatoms. The molecule has 1 atom stereocenters. The molecule has 0 bridgehead atoms. The number of nitrogens with one attached hydrogen (secondary N) is 1. The normalized spacial score (nSPS) is 13.9. The van der Waals surface area contributed by atoms with Crippen molar-refractivity contribution in [2.45, 2.75) is 13.0 Å². The Kier molecular flexibility index (Phi) is 10.5. The summed E-state index contributed by atoms with van der Waals surface area (Å²) >= 11 is 11.9. The maximum absolute atomic E-state index is 12.6. The number of rotatable bonds is 6. The van der Waals surface area contributed by atoms with Crippen LogP contribution < -0.4 is 15.0 Å². The molecule has 0 aliphatic carbocycles. The average Bonchev–Trinajstić information content (AvgIpc) is 2.89. The van der Waals surface area contributed by atoms with Crippen LogP contribution in [-0.4, -0.2) is 55.4 Å². The second-order valence-corrected chi connectivity index (χ2v) is 8.88. The van der Waals surface area contributed by atoms with Gasteiger partial charge in [0.1, 0.15) is 12.4 Å². The van der Waals surface area contributed by atoms with E-state index in [0.29, 0.717) is 37.0 Å². The predicted octanol–water partition coefficient (Wildman–Crippen LogP) is 5.64. The summed E-state index contributed by atoms with van der Waals surface area (Å²) in [5.41, 5.74) is 2.01. The third-order valence-corrected chi connectivity index (χ3v) is 6.11. The summed E-state index contributed by atoms with van der Waals surface area (Å²) < 4.78 is 5.39. The van der Waals surface area contributed by atoms with Crippen LogP contribution in [0.4, 0.5) is 10.5 Å². The van der Waals surface area contributed by atoms with E-state index in [1.54, 1.807) is 6.07 Å². The maximum Gasteiger partial charge on any atom is 0.317 e. The second kappa shape index (κ2) is 13.8. The van der Waals surface area contributed by atoms with E-state index in [1.807, 2.05) is 84.6 Å². The number of urea groups is 1. The van der Waals surface area contributed by atoms with Gasteiger partial charge in [-0.3, -0.25) is 0 Å². The smallest absolute Gasteiger partial charge is 0.317 e. The zero-order valence-corrected chi connectivity index (χ0v) is 21.3. The number of ether oxygens (including phenoxy) is 1. The molecule has 3 aromatic carbocycles. The fraction of sp³-hybridized carbons (Fsp3) is 0.296. The van der Waals surface area contributed by atoms with Gasteiger partial charge in [-0.05, 0) is 36.8 Å². The standard InChI is InChI=1S/C21H26ClN3O3.C6H5Cl/c1-16(17-5-3-2-4-6-17)23-21(27)25-11-9-24(10-12-25)20-8-7-18(15-19(20)22)28-14-13-26;7-6-4-2-1-3-5-6/h2-8,15-16,26H,9-14H2,1H3,(H,23,27);1-5H. The molecule has 0 spiro atoms. The number of hydrogen-bond donors (Lipinski definition) is 2. The molecule has 4 rings (SSSR count). The minimum atomic E-state index is -0.0464. The van der Waals surface area contributed by atoms with E-state index >= 15 is 0 Å². The Morgan fingerprint density at radius 3 is 2.14 bits per heavy atom. The number of nitrogens with zero attached hydrogens (tertiary/aromatic N) is 2. The summed E-state index contributed by atoms with van der Waals surface area (Å²) in [6, 6.07) is 24.8. The van der Waals surface area contributed by atoms with Gasteiger partial charge in [0.15, 0.2) is 0 Å². The number of aliphatic hydroxyl groups is 1. The number of benzene rings is 3. The van der Waals surface area contributed by atoms with E-state index in [2.05, 4.69) is 10.2 Å². The lowest BCUT2D eigenvalue weighted by Crippen LogP contribution is -2.52. The zero-order valence-electron chi connectivity index (χ0n) is 19.7. The van der Waals surface area contributed by atoms with Crippen LogP contribution in [0.1, 0.15) is 18.5 Å². The Morgan fingerprint density at radius 1 is 0.971 bits per heavy atom. The van der Waals surface area contributed by atoms with Crippen molar-refractivity contribution in [1.82, 2.24) is 10.2 Å². The van der Waals surface area contributed by atoms with Gasteiger partial charge in [-0.1, -0.05) is 71.7 Å². The van der Waals surface area contributed by atoms with Crippen molar-refractivity contribution in [3.05, 3.63) is 94.5 Å². The first-order valence-electron chi connectivity index (χ1n) is 11.6. The van der Waals surface area contributed by atoms with Crippen molar-refractivity contribution in [2.24, 2.45) is 0 Å². The van der Waals surface area contributed by atoms with Crippen LogP contribution >= 0.6 is 23.2 Å². The summed E-state index contributed by atoms with van der Waals surface area (Å²) in [4.78, 5) is 16.6. The van der Waals surface area contributed by atoms with Crippen LogP contribution in [0.5, 0.6) is 5.75 Å². The van der Waals surface area contributed by atoms with E-state index in [4.69, 9.17) is 33.0 Å². The molecule has 186 valence electrons. The predicted molar refractivity (Wildman–Crippen MR) is 143 cm³/mol. The van der Waals surface area contributed by atoms with Crippen LogP contribution in [-0.2, 0) is 0 Å². The number of anilines is 1. The molecule has 0 saturated carbocycles. The molecule has 0 aromatic heterocycles. The molecule has 1 aliphatic rings. The van der Waals surface area contributed by atoms with Gasteiger partial charge in [0.2, 0.25) is 0 Å². The Hall–Kier alpha value is -2.93. The van der Waals surface area contributed by atoms with Crippen molar-refractivity contribution >= 4 is 34.9 Å². The fourth-order valence-corrected chi connectivity index (χ4v) is 4.10. The third-order valence-electron chi connectivity index (χ3n) is 5.56. The van der Waals surface area contributed by atoms with E-state index in [-0.39, 0.29) is 25.3 Å². The minimum absolute atomic E-state index is 0.0346. The summed E-state index contributed by atoms with van der Waals surface area (Å²) in [6.45, 7) is 4.88. The molecule has 6 nitrogen and oxygen atoms in total. The molecule has 1 heterocycles. The molecule has 1 saturated heterocycles. The van der Waals surface area contributed by atoms with Crippen LogP contribution in [0.2, 0.25) is 10.0 Å². The van der Waals surface area contributed by atoms with Gasteiger partial charge in [0.05, 0.1) is 23.4 Å². The topological polar surface area (TPSA) is 65.0 Å². The van der Waals surface area contributed by atoms with Crippen molar-refractivity contribution in [1.29, 1.82) is 0 Å². The number of carbonyl (C=O) groups excluding carboxylic acids is 1. The van der Waals surface area contributed by atoms with E-state index < -0.39 is 0 Å². The Balaban J connectivity index is 0.000000420. The molecule has 2 N–H and O–H groups in total. The summed E-state index contributed by atoms with van der Waals surface area (Å²) in [6.07, 6.45) is 0. The second-order valence-electron chi connectivity index (χ2n) is 8.04. The van der Waals surface area contributed by atoms with Crippen LogP contribution in [0.3, 0.4) is 0 Å². The largest absolute Gasteiger partial charge is 0.491 e. The first-order chi connectivity index (χ1) is 17.0. The molecule has 1 fully saturated rings. The molecular weight excluding hydrogens is 485 g/mol. The van der Waals surface area contributed by atoms with Crippen molar-refractivity contribution in [3.63, 3.8) is 0 Å². The highest BCUT2D eigenvalue weighted by atomic mass is 35.5. The lowest BCUT2D eigenvalue weighted by atomic mass is 10.1. The lowest BCUT2D eigenvalue weighted by Gasteiger charge is -2.37. The van der Waals surface area contributed by atoms with Crippen LogP contribution in [0, 0.1) is 0 Å². The van der Waals surface area contributed by atoms with E-state index in [9.17, 15) is 4.79 Å². The van der Waals surface area contributed by atoms with Crippen LogP contribution in [0.15, 0.2) is 78.9 Å². The monoisotopic (exact) mass is 515 g/mol. The molecule has 2 amide bonds. The van der Waals surface area contributed by atoms with Crippen molar-refractivity contribution in [2.75, 3.05) is 44.3 Å². The summed E-state index contributed by atoms with van der Waals surface area (Å²) in [5, 5.41) is 13.3. The Bertz CT molecular complexity index is 1050. The SMILES string of the molecule is CC(NC(=O)N1CCN(c2ccc(OCCO)cc2Cl)CC1)c1ccccc1.Clc1ccccc1. The van der Waals surface area contributed by atoms with Gasteiger partial charge in [0.25, 0.3) is 0 Å². The highest BCUT2D eigenvalue weighted by molar-refractivity contribution is 6.33. The molecule has 1 aliphatic heterocycles. The quantitative estimate of drug-likeness (QED) is 0.445. The fourth-order valence-electron chi connectivity index (χ4n) is 3.66. The number of halogens is 2. The first kappa shape index (κ1) is 26.7. The van der Waals surface area contributed by atoms with E-state index in [0.717, 1.165) is 16.3 Å². The highest BCUT2D eigenvalue weighted by Crippen LogP contribution is 2.30. The van der Waals surface area contributed by atoms with Gasteiger partial charge in [-0.2, -0.15) is 0 Å². The minimum Gasteiger partial charge on any atom is -0.491 e. The number of piperazine rings is 1. The molecule has 35 heavy (non-hydrogen) atoms. The van der Waals surface area contributed by atoms with Crippen LogP contribution in [0.25, 0.3) is 0 Å². The van der Waals surface area contributed by atoms with Gasteiger partial charge in [0, 0.05) is 37.3 Å². The number of aliphatic hydroxyl groups excluding tert-OH is 1. The van der Waals surface area contributed by atoms with Crippen molar-refractivity contribution < 1.29 is 14.6 Å². The van der Waals surface area contributed by atoms with Crippen molar-refractivity contribution in [3.8, 4) is 5.75 Å².